The number of nitro benzene ring substituents is 1. The molecule has 0 aliphatic heterocycles. The van der Waals surface area contributed by atoms with Crippen molar-refractivity contribution in [3.05, 3.63) is 74.8 Å². The molecule has 3 aromatic rings. The maximum Gasteiger partial charge on any atom is 0.310 e. The number of carbonyl (C=O) groups excluding carboxylic acids is 2. The number of nitro groups is 1. The maximum atomic E-state index is 12.5. The van der Waals surface area contributed by atoms with Gasteiger partial charge in [0, 0.05) is 19.0 Å². The lowest BCUT2D eigenvalue weighted by Gasteiger charge is -2.10. The third-order valence-corrected chi connectivity index (χ3v) is 4.40. The van der Waals surface area contributed by atoms with Crippen LogP contribution in [0.25, 0.3) is 10.9 Å². The molecule has 0 fully saturated rings. The number of nitrogens with zero attached hydrogens (tertiary/aromatic N) is 3. The van der Waals surface area contributed by atoms with Gasteiger partial charge in [-0.05, 0) is 24.6 Å². The number of nitrogens with one attached hydrogen (secondary N) is 2. The molecule has 0 bridgehead atoms. The number of ether oxygens (including phenoxy) is 1. The van der Waals surface area contributed by atoms with E-state index in [1.807, 2.05) is 13.0 Å². The fourth-order valence-electron chi connectivity index (χ4n) is 2.83. The lowest BCUT2D eigenvalue weighted by molar-refractivity contribution is -0.385. The van der Waals surface area contributed by atoms with Crippen LogP contribution in [0.15, 0.2) is 53.6 Å². The van der Waals surface area contributed by atoms with Crippen LogP contribution in [-0.4, -0.2) is 32.9 Å². The number of hydrogen-bond acceptors (Lipinski definition) is 7. The van der Waals surface area contributed by atoms with Crippen molar-refractivity contribution in [3.8, 4) is 5.75 Å². The van der Waals surface area contributed by atoms with Crippen LogP contribution >= 0.6 is 0 Å². The Hall–Kier alpha value is -4.28. The van der Waals surface area contributed by atoms with Gasteiger partial charge in [-0.1, -0.05) is 24.3 Å². The molecule has 160 valence electrons. The summed E-state index contributed by atoms with van der Waals surface area (Å²) in [6.07, 6.45) is 1.30. The summed E-state index contributed by atoms with van der Waals surface area (Å²) in [5.41, 5.74) is 5.31. The zero-order valence-corrected chi connectivity index (χ0v) is 16.5. The molecule has 2 aromatic carbocycles. The van der Waals surface area contributed by atoms with Crippen LogP contribution < -0.4 is 21.1 Å². The van der Waals surface area contributed by atoms with Crippen molar-refractivity contribution in [3.63, 3.8) is 0 Å². The van der Waals surface area contributed by atoms with E-state index in [9.17, 15) is 24.5 Å². The minimum Gasteiger partial charge on any atom is -0.477 e. The second kappa shape index (κ2) is 9.48. The first-order valence-electron chi connectivity index (χ1n) is 9.25. The molecule has 0 radical (unpaired) electrons. The first-order valence-corrected chi connectivity index (χ1v) is 9.25. The quantitative estimate of drug-likeness (QED) is 0.428. The van der Waals surface area contributed by atoms with Crippen LogP contribution in [-0.2, 0) is 16.1 Å². The fourth-order valence-corrected chi connectivity index (χ4v) is 2.83. The van der Waals surface area contributed by atoms with Gasteiger partial charge in [0.25, 0.3) is 11.5 Å². The Kier molecular flexibility index (Phi) is 6.55. The average molecular weight is 425 g/mol. The summed E-state index contributed by atoms with van der Waals surface area (Å²) in [7, 11) is 0. The van der Waals surface area contributed by atoms with E-state index in [-0.39, 0.29) is 30.0 Å². The molecule has 2 amide bonds. The normalized spacial score (nSPS) is 10.5. The van der Waals surface area contributed by atoms with E-state index in [0.717, 1.165) is 5.56 Å². The number of aryl methyl sites for hydroxylation is 2. The fraction of sp³-hybridized carbons (Fsp3) is 0.200. The number of carbonyl (C=O) groups is 2. The Morgan fingerprint density at radius 3 is 2.65 bits per heavy atom. The van der Waals surface area contributed by atoms with E-state index < -0.39 is 23.3 Å². The van der Waals surface area contributed by atoms with Gasteiger partial charge in [-0.25, -0.2) is 4.98 Å². The van der Waals surface area contributed by atoms with Crippen LogP contribution in [0.1, 0.15) is 12.0 Å². The van der Waals surface area contributed by atoms with E-state index in [4.69, 9.17) is 4.74 Å². The number of amides is 2. The molecule has 3 rings (SSSR count). The van der Waals surface area contributed by atoms with Gasteiger partial charge in [0.05, 0.1) is 22.2 Å². The summed E-state index contributed by atoms with van der Waals surface area (Å²) < 4.78 is 6.45. The Labute approximate surface area is 175 Å². The Morgan fingerprint density at radius 2 is 1.87 bits per heavy atom. The van der Waals surface area contributed by atoms with Crippen LogP contribution in [0.3, 0.4) is 0 Å². The van der Waals surface area contributed by atoms with Crippen molar-refractivity contribution in [2.45, 2.75) is 19.9 Å². The molecule has 1 heterocycles. The SMILES string of the molecule is Cc1cccc2c(=O)n(CCC(=O)NNC(=O)COc3ccccc3[N+](=O)[O-])cnc12. The average Bonchev–Trinajstić information content (AvgIpc) is 2.76. The van der Waals surface area contributed by atoms with E-state index in [1.165, 1.54) is 35.2 Å². The van der Waals surface area contributed by atoms with E-state index in [1.54, 1.807) is 12.1 Å². The highest BCUT2D eigenvalue weighted by Gasteiger charge is 2.15. The second-order valence-corrected chi connectivity index (χ2v) is 6.57. The van der Waals surface area contributed by atoms with Gasteiger partial charge in [-0.3, -0.25) is 39.9 Å². The maximum absolute atomic E-state index is 12.5. The third-order valence-electron chi connectivity index (χ3n) is 4.40. The van der Waals surface area contributed by atoms with Gasteiger partial charge < -0.3 is 4.74 Å². The van der Waals surface area contributed by atoms with Crippen molar-refractivity contribution in [2.75, 3.05) is 6.61 Å². The molecular weight excluding hydrogens is 406 g/mol. The first-order chi connectivity index (χ1) is 14.9. The standard InChI is InChI=1S/C20H19N5O6/c1-13-5-4-6-14-19(13)21-12-24(20(14)28)10-9-17(26)22-23-18(27)11-31-16-8-3-2-7-15(16)25(29)30/h2-8,12H,9-11H2,1H3,(H,22,26)(H,23,27). The van der Waals surface area contributed by atoms with Crippen LogP contribution in [0, 0.1) is 17.0 Å². The number of hydrogen-bond donors (Lipinski definition) is 2. The highest BCUT2D eigenvalue weighted by atomic mass is 16.6. The molecule has 2 N–H and O–H groups in total. The van der Waals surface area contributed by atoms with E-state index >= 15 is 0 Å². The molecule has 0 unspecified atom stereocenters. The van der Waals surface area contributed by atoms with Crippen molar-refractivity contribution < 1.29 is 19.2 Å². The molecule has 0 saturated heterocycles. The summed E-state index contributed by atoms with van der Waals surface area (Å²) in [6, 6.07) is 10.9. The van der Waals surface area contributed by atoms with Gasteiger partial charge >= 0.3 is 5.69 Å². The van der Waals surface area contributed by atoms with Crippen molar-refractivity contribution in [2.24, 2.45) is 0 Å². The molecule has 0 spiro atoms. The lowest BCUT2D eigenvalue weighted by Crippen LogP contribution is -2.44. The van der Waals surface area contributed by atoms with Gasteiger partial charge in [0.1, 0.15) is 0 Å². The zero-order chi connectivity index (χ0) is 22.4. The smallest absolute Gasteiger partial charge is 0.310 e. The predicted octanol–water partition coefficient (Wildman–Crippen LogP) is 1.23. The summed E-state index contributed by atoms with van der Waals surface area (Å²) in [6.45, 7) is 1.40. The van der Waals surface area contributed by atoms with Gasteiger partial charge in [0.15, 0.2) is 12.4 Å². The molecular formula is C20H19N5O6. The van der Waals surface area contributed by atoms with Gasteiger partial charge in [0.2, 0.25) is 5.91 Å². The summed E-state index contributed by atoms with van der Waals surface area (Å²) in [5, 5.41) is 11.4. The Balaban J connectivity index is 1.49. The molecule has 0 saturated carbocycles. The zero-order valence-electron chi connectivity index (χ0n) is 16.5. The van der Waals surface area contributed by atoms with E-state index in [0.29, 0.717) is 10.9 Å². The highest BCUT2D eigenvalue weighted by Crippen LogP contribution is 2.25. The molecule has 1 aromatic heterocycles. The topological polar surface area (TPSA) is 145 Å². The molecule has 0 aliphatic rings. The van der Waals surface area contributed by atoms with Crippen LogP contribution in [0.2, 0.25) is 0 Å². The Morgan fingerprint density at radius 1 is 1.13 bits per heavy atom. The van der Waals surface area contributed by atoms with E-state index in [2.05, 4.69) is 15.8 Å². The second-order valence-electron chi connectivity index (χ2n) is 6.57. The number of hydrazine groups is 1. The number of rotatable bonds is 7. The largest absolute Gasteiger partial charge is 0.477 e. The van der Waals surface area contributed by atoms with Crippen molar-refractivity contribution in [1.82, 2.24) is 20.4 Å². The molecule has 0 aliphatic carbocycles. The summed E-state index contributed by atoms with van der Waals surface area (Å²) in [5.74, 6) is -1.30. The summed E-state index contributed by atoms with van der Waals surface area (Å²) >= 11 is 0. The molecule has 11 heteroatoms. The predicted molar refractivity (Wildman–Crippen MR) is 110 cm³/mol. The minimum absolute atomic E-state index is 0.0626. The van der Waals surface area contributed by atoms with Crippen LogP contribution in [0.4, 0.5) is 5.69 Å². The van der Waals surface area contributed by atoms with Gasteiger partial charge in [-0.15, -0.1) is 0 Å². The number of benzene rings is 2. The number of aromatic nitrogens is 2. The number of fused-ring (bicyclic) bond motifs is 1. The van der Waals surface area contributed by atoms with Crippen molar-refractivity contribution >= 4 is 28.4 Å². The highest BCUT2D eigenvalue weighted by molar-refractivity contribution is 5.83. The van der Waals surface area contributed by atoms with Crippen LogP contribution in [0.5, 0.6) is 5.75 Å². The Bertz CT molecular complexity index is 1210. The minimum atomic E-state index is -0.702. The monoisotopic (exact) mass is 425 g/mol. The first kappa shape index (κ1) is 21.4. The van der Waals surface area contributed by atoms with Gasteiger partial charge in [-0.2, -0.15) is 0 Å². The summed E-state index contributed by atoms with van der Waals surface area (Å²) in [4.78, 5) is 50.9. The third kappa shape index (κ3) is 5.21. The lowest BCUT2D eigenvalue weighted by atomic mass is 10.1. The molecule has 0 atom stereocenters. The number of para-hydroxylation sites is 3. The van der Waals surface area contributed by atoms with Crippen molar-refractivity contribution in [1.29, 1.82) is 0 Å². The molecule has 11 nitrogen and oxygen atoms in total. The molecule has 31 heavy (non-hydrogen) atoms.